The second kappa shape index (κ2) is 4.57. The molecular weight excluding hydrogens is 212 g/mol. The van der Waals surface area contributed by atoms with Crippen molar-refractivity contribution in [1.29, 1.82) is 0 Å². The maximum atomic E-state index is 5.86. The van der Waals surface area contributed by atoms with Crippen LogP contribution in [0.3, 0.4) is 0 Å². The van der Waals surface area contributed by atoms with Crippen LogP contribution in [0.4, 0.5) is 0 Å². The molecule has 80 valence electrons. The maximum absolute atomic E-state index is 5.86. The van der Waals surface area contributed by atoms with E-state index in [2.05, 4.69) is 4.98 Å². The van der Waals surface area contributed by atoms with E-state index in [-0.39, 0.29) is 6.04 Å². The summed E-state index contributed by atoms with van der Waals surface area (Å²) in [5, 5.41) is 2.78. The minimum Gasteiger partial charge on any atom is -0.462 e. The number of nitrogens with zero attached hydrogens (tertiary/aromatic N) is 1. The molecule has 2 rings (SSSR count). The Morgan fingerprint density at radius 2 is 2.53 bits per heavy atom. The van der Waals surface area contributed by atoms with E-state index in [4.69, 9.17) is 14.9 Å². The van der Waals surface area contributed by atoms with Crippen molar-refractivity contribution in [1.82, 2.24) is 4.98 Å². The molecule has 1 atom stereocenters. The number of methoxy groups -OCH3 is 1. The van der Waals surface area contributed by atoms with Gasteiger partial charge < -0.3 is 14.9 Å². The second-order valence-corrected chi connectivity index (χ2v) is 3.97. The van der Waals surface area contributed by atoms with Gasteiger partial charge in [0.1, 0.15) is 0 Å². The van der Waals surface area contributed by atoms with Crippen molar-refractivity contribution in [2.24, 2.45) is 5.73 Å². The number of furan rings is 1. The van der Waals surface area contributed by atoms with Crippen LogP contribution in [-0.4, -0.2) is 18.7 Å². The highest BCUT2D eigenvalue weighted by Crippen LogP contribution is 2.25. The lowest BCUT2D eigenvalue weighted by molar-refractivity contribution is 0.180. The molecule has 2 aromatic rings. The van der Waals surface area contributed by atoms with Gasteiger partial charge in [0.25, 0.3) is 0 Å². The van der Waals surface area contributed by atoms with E-state index >= 15 is 0 Å². The SMILES string of the molecule is COCC(N)c1csc(-c2ccco2)n1. The Morgan fingerprint density at radius 3 is 3.20 bits per heavy atom. The van der Waals surface area contributed by atoms with Crippen LogP contribution in [-0.2, 0) is 4.74 Å². The van der Waals surface area contributed by atoms with Crippen LogP contribution < -0.4 is 5.73 Å². The quantitative estimate of drug-likeness (QED) is 0.863. The van der Waals surface area contributed by atoms with E-state index in [0.717, 1.165) is 16.5 Å². The number of aromatic nitrogens is 1. The molecular formula is C10H12N2O2S. The Balaban J connectivity index is 2.17. The molecule has 2 aromatic heterocycles. The molecule has 15 heavy (non-hydrogen) atoms. The third-order valence-corrected chi connectivity index (χ3v) is 2.86. The summed E-state index contributed by atoms with van der Waals surface area (Å²) in [5.74, 6) is 0.774. The molecule has 1 unspecified atom stereocenters. The fourth-order valence-corrected chi connectivity index (χ4v) is 2.09. The summed E-state index contributed by atoms with van der Waals surface area (Å²) in [6.45, 7) is 0.474. The summed E-state index contributed by atoms with van der Waals surface area (Å²) >= 11 is 1.52. The predicted octanol–water partition coefficient (Wildman–Crippen LogP) is 2.05. The van der Waals surface area contributed by atoms with Gasteiger partial charge in [0.2, 0.25) is 0 Å². The number of thiazole rings is 1. The van der Waals surface area contributed by atoms with E-state index in [1.54, 1.807) is 13.4 Å². The van der Waals surface area contributed by atoms with Crippen molar-refractivity contribution in [2.75, 3.05) is 13.7 Å². The molecule has 0 spiro atoms. The molecule has 5 heteroatoms. The lowest BCUT2D eigenvalue weighted by Crippen LogP contribution is -2.16. The van der Waals surface area contributed by atoms with E-state index in [9.17, 15) is 0 Å². The van der Waals surface area contributed by atoms with Gasteiger partial charge in [-0.2, -0.15) is 0 Å². The molecule has 0 saturated heterocycles. The number of rotatable bonds is 4. The predicted molar refractivity (Wildman–Crippen MR) is 58.6 cm³/mol. The molecule has 0 aliphatic heterocycles. The molecule has 0 aliphatic rings. The average Bonchev–Trinajstić information content (AvgIpc) is 2.89. The number of hydrogen-bond acceptors (Lipinski definition) is 5. The first kappa shape index (κ1) is 10.4. The maximum Gasteiger partial charge on any atom is 0.162 e. The third-order valence-electron chi connectivity index (χ3n) is 1.98. The summed E-state index contributed by atoms with van der Waals surface area (Å²) in [7, 11) is 1.62. The van der Waals surface area contributed by atoms with Crippen molar-refractivity contribution in [3.63, 3.8) is 0 Å². The normalized spacial score (nSPS) is 12.9. The minimum atomic E-state index is -0.171. The first-order valence-electron chi connectivity index (χ1n) is 4.55. The van der Waals surface area contributed by atoms with Crippen LogP contribution in [0.15, 0.2) is 28.2 Å². The van der Waals surface area contributed by atoms with Gasteiger partial charge >= 0.3 is 0 Å². The Hall–Kier alpha value is -1.17. The van der Waals surface area contributed by atoms with Crippen molar-refractivity contribution >= 4 is 11.3 Å². The molecule has 0 radical (unpaired) electrons. The summed E-state index contributed by atoms with van der Waals surface area (Å²) < 4.78 is 10.2. The number of ether oxygens (including phenoxy) is 1. The summed E-state index contributed by atoms with van der Waals surface area (Å²) in [4.78, 5) is 4.39. The highest BCUT2D eigenvalue weighted by Gasteiger charge is 2.12. The molecule has 0 bridgehead atoms. The van der Waals surface area contributed by atoms with Crippen LogP contribution >= 0.6 is 11.3 Å². The van der Waals surface area contributed by atoms with Gasteiger partial charge in [0.05, 0.1) is 24.6 Å². The van der Waals surface area contributed by atoms with E-state index in [1.807, 2.05) is 17.5 Å². The monoisotopic (exact) mass is 224 g/mol. The van der Waals surface area contributed by atoms with Crippen LogP contribution in [0.25, 0.3) is 10.8 Å². The highest BCUT2D eigenvalue weighted by atomic mass is 32.1. The average molecular weight is 224 g/mol. The van der Waals surface area contributed by atoms with Crippen LogP contribution in [0.5, 0.6) is 0 Å². The van der Waals surface area contributed by atoms with Crippen LogP contribution in [0, 0.1) is 0 Å². The van der Waals surface area contributed by atoms with Crippen molar-refractivity contribution in [3.05, 3.63) is 29.5 Å². The molecule has 2 N–H and O–H groups in total. The van der Waals surface area contributed by atoms with E-state index < -0.39 is 0 Å². The van der Waals surface area contributed by atoms with Gasteiger partial charge in [0.15, 0.2) is 10.8 Å². The molecule has 0 aliphatic carbocycles. The van der Waals surface area contributed by atoms with Crippen molar-refractivity contribution in [3.8, 4) is 10.8 Å². The Bertz CT molecular complexity index is 411. The lowest BCUT2D eigenvalue weighted by atomic mass is 10.2. The summed E-state index contributed by atoms with van der Waals surface area (Å²) in [6.07, 6.45) is 1.63. The van der Waals surface area contributed by atoms with Gasteiger partial charge in [0, 0.05) is 12.5 Å². The highest BCUT2D eigenvalue weighted by molar-refractivity contribution is 7.13. The number of nitrogens with two attached hydrogens (primary N) is 1. The summed E-state index contributed by atoms with van der Waals surface area (Å²) in [5.41, 5.74) is 6.70. The largest absolute Gasteiger partial charge is 0.462 e. The topological polar surface area (TPSA) is 61.3 Å². The second-order valence-electron chi connectivity index (χ2n) is 3.12. The fourth-order valence-electron chi connectivity index (χ4n) is 1.23. The third kappa shape index (κ3) is 2.26. The Morgan fingerprint density at radius 1 is 1.67 bits per heavy atom. The molecule has 0 saturated carbocycles. The van der Waals surface area contributed by atoms with Crippen LogP contribution in [0.2, 0.25) is 0 Å². The molecule has 0 amide bonds. The summed E-state index contributed by atoms with van der Waals surface area (Å²) in [6, 6.07) is 3.55. The van der Waals surface area contributed by atoms with Crippen molar-refractivity contribution in [2.45, 2.75) is 6.04 Å². The first-order valence-corrected chi connectivity index (χ1v) is 5.43. The van der Waals surface area contributed by atoms with Crippen molar-refractivity contribution < 1.29 is 9.15 Å². The van der Waals surface area contributed by atoms with Gasteiger partial charge in [-0.3, -0.25) is 0 Å². The molecule has 0 aromatic carbocycles. The van der Waals surface area contributed by atoms with Gasteiger partial charge in [-0.25, -0.2) is 4.98 Å². The minimum absolute atomic E-state index is 0.171. The first-order chi connectivity index (χ1) is 7.31. The van der Waals surface area contributed by atoms with Gasteiger partial charge in [-0.05, 0) is 12.1 Å². The Kier molecular flexibility index (Phi) is 3.15. The standard InChI is InChI=1S/C10H12N2O2S/c1-13-5-7(11)8-6-15-10(12-8)9-3-2-4-14-9/h2-4,6-7H,5,11H2,1H3. The van der Waals surface area contributed by atoms with Crippen LogP contribution in [0.1, 0.15) is 11.7 Å². The molecule has 2 heterocycles. The van der Waals surface area contributed by atoms with Gasteiger partial charge in [-0.15, -0.1) is 11.3 Å². The smallest absolute Gasteiger partial charge is 0.162 e. The van der Waals surface area contributed by atoms with E-state index in [0.29, 0.717) is 6.61 Å². The Labute approximate surface area is 91.7 Å². The molecule has 0 fully saturated rings. The lowest BCUT2D eigenvalue weighted by Gasteiger charge is -2.05. The fraction of sp³-hybridized carbons (Fsp3) is 0.300. The zero-order chi connectivity index (χ0) is 10.7. The zero-order valence-corrected chi connectivity index (χ0v) is 9.16. The van der Waals surface area contributed by atoms with Gasteiger partial charge in [-0.1, -0.05) is 0 Å². The van der Waals surface area contributed by atoms with E-state index in [1.165, 1.54) is 11.3 Å². The number of hydrogen-bond donors (Lipinski definition) is 1. The zero-order valence-electron chi connectivity index (χ0n) is 8.34. The molecule has 4 nitrogen and oxygen atoms in total.